The van der Waals surface area contributed by atoms with Gasteiger partial charge in [0.05, 0.1) is 0 Å². The molecule has 0 aliphatic rings. The summed E-state index contributed by atoms with van der Waals surface area (Å²) < 4.78 is 6.63. The molecule has 3 heteroatoms. The molecule has 0 saturated heterocycles. The number of halogens is 1. The Kier molecular flexibility index (Phi) is 8.41. The maximum atomic E-state index is 5.58. The molecular weight excluding hydrogens is 314 g/mol. The monoisotopic (exact) mass is 337 g/mol. The van der Waals surface area contributed by atoms with Crippen LogP contribution >= 0.6 is 15.9 Å². The van der Waals surface area contributed by atoms with Gasteiger partial charge in [-0.25, -0.2) is 0 Å². The summed E-state index contributed by atoms with van der Waals surface area (Å²) in [5, 5.41) is 3.55. The van der Waals surface area contributed by atoms with E-state index in [0.717, 1.165) is 22.3 Å². The van der Waals surface area contributed by atoms with Gasteiger partial charge < -0.3 is 10.1 Å². The number of hydrogen-bond donors (Lipinski definition) is 1. The molecule has 1 aromatic carbocycles. The molecular formula is C17H24BrNO. The van der Waals surface area contributed by atoms with Gasteiger partial charge in [-0.2, -0.15) is 0 Å². The van der Waals surface area contributed by atoms with Crippen molar-refractivity contribution in [2.24, 2.45) is 0 Å². The first kappa shape index (κ1) is 17.1. The van der Waals surface area contributed by atoms with Gasteiger partial charge in [0.1, 0.15) is 12.4 Å². The second kappa shape index (κ2) is 9.85. The molecule has 0 saturated carbocycles. The van der Waals surface area contributed by atoms with Crippen molar-refractivity contribution in [2.75, 3.05) is 6.61 Å². The Labute approximate surface area is 131 Å². The van der Waals surface area contributed by atoms with Crippen LogP contribution in [0.5, 0.6) is 5.75 Å². The SMILES string of the molecule is C#CCOc1ccc(Br)cc1CNC(C)CCCCC. The van der Waals surface area contributed by atoms with E-state index in [1.54, 1.807) is 0 Å². The van der Waals surface area contributed by atoms with Crippen LogP contribution in [-0.4, -0.2) is 12.6 Å². The Morgan fingerprint density at radius 3 is 2.90 bits per heavy atom. The van der Waals surface area contributed by atoms with Crippen molar-refractivity contribution in [2.45, 2.75) is 52.1 Å². The van der Waals surface area contributed by atoms with Crippen molar-refractivity contribution in [1.82, 2.24) is 5.32 Å². The van der Waals surface area contributed by atoms with Crippen LogP contribution in [0.2, 0.25) is 0 Å². The van der Waals surface area contributed by atoms with Crippen LogP contribution in [0, 0.1) is 12.3 Å². The summed E-state index contributed by atoms with van der Waals surface area (Å²) in [6.45, 7) is 5.57. The van der Waals surface area contributed by atoms with Gasteiger partial charge in [0.2, 0.25) is 0 Å². The fraction of sp³-hybridized carbons (Fsp3) is 0.529. The van der Waals surface area contributed by atoms with Crippen molar-refractivity contribution in [3.05, 3.63) is 28.2 Å². The lowest BCUT2D eigenvalue weighted by atomic mass is 10.1. The Morgan fingerprint density at radius 1 is 1.40 bits per heavy atom. The zero-order chi connectivity index (χ0) is 14.8. The average Bonchev–Trinajstić information content (AvgIpc) is 2.44. The van der Waals surface area contributed by atoms with Crippen LogP contribution in [0.25, 0.3) is 0 Å². The fourth-order valence-corrected chi connectivity index (χ4v) is 2.44. The van der Waals surface area contributed by atoms with E-state index in [1.807, 2.05) is 12.1 Å². The number of benzene rings is 1. The highest BCUT2D eigenvalue weighted by Gasteiger charge is 2.07. The van der Waals surface area contributed by atoms with E-state index in [1.165, 1.54) is 25.7 Å². The zero-order valence-electron chi connectivity index (χ0n) is 12.4. The Morgan fingerprint density at radius 2 is 2.20 bits per heavy atom. The standard InChI is InChI=1S/C17H24BrNO/c1-4-6-7-8-14(3)19-13-15-12-16(18)9-10-17(15)20-11-5-2/h2,9-10,12,14,19H,4,6-8,11,13H2,1,3H3. The normalized spacial score (nSPS) is 11.9. The van der Waals surface area contributed by atoms with Crippen molar-refractivity contribution in [3.63, 3.8) is 0 Å². The Hall–Kier alpha value is -0.980. The summed E-state index contributed by atoms with van der Waals surface area (Å²) in [6.07, 6.45) is 10.3. The minimum absolute atomic E-state index is 0.306. The molecule has 1 atom stereocenters. The molecule has 0 bridgehead atoms. The maximum absolute atomic E-state index is 5.58. The molecule has 1 unspecified atom stereocenters. The van der Waals surface area contributed by atoms with Gasteiger partial charge in [0.15, 0.2) is 0 Å². The number of hydrogen-bond acceptors (Lipinski definition) is 2. The van der Waals surface area contributed by atoms with Gasteiger partial charge in [-0.3, -0.25) is 0 Å². The smallest absolute Gasteiger partial charge is 0.148 e. The molecule has 0 aromatic heterocycles. The lowest BCUT2D eigenvalue weighted by Gasteiger charge is -2.16. The summed E-state index contributed by atoms with van der Waals surface area (Å²) in [6, 6.07) is 6.53. The highest BCUT2D eigenvalue weighted by atomic mass is 79.9. The summed E-state index contributed by atoms with van der Waals surface area (Å²) >= 11 is 3.50. The first-order chi connectivity index (χ1) is 9.67. The zero-order valence-corrected chi connectivity index (χ0v) is 14.0. The number of terminal acetylenes is 1. The Balaban J connectivity index is 2.52. The number of rotatable bonds is 9. The maximum Gasteiger partial charge on any atom is 0.148 e. The largest absolute Gasteiger partial charge is 0.481 e. The molecule has 0 radical (unpaired) electrons. The van der Waals surface area contributed by atoms with Crippen LogP contribution in [0.1, 0.15) is 45.1 Å². The van der Waals surface area contributed by atoms with Crippen LogP contribution in [0.3, 0.4) is 0 Å². The summed E-state index contributed by atoms with van der Waals surface area (Å²) in [4.78, 5) is 0. The van der Waals surface area contributed by atoms with Gasteiger partial charge in [-0.15, -0.1) is 6.42 Å². The number of ether oxygens (including phenoxy) is 1. The van der Waals surface area contributed by atoms with Gasteiger partial charge in [0.25, 0.3) is 0 Å². The molecule has 0 fully saturated rings. The second-order valence-corrected chi connectivity index (χ2v) is 5.94. The van der Waals surface area contributed by atoms with E-state index in [9.17, 15) is 0 Å². The topological polar surface area (TPSA) is 21.3 Å². The molecule has 1 N–H and O–H groups in total. The average molecular weight is 338 g/mol. The molecule has 20 heavy (non-hydrogen) atoms. The van der Waals surface area contributed by atoms with E-state index in [2.05, 4.69) is 47.1 Å². The minimum Gasteiger partial charge on any atom is -0.481 e. The minimum atomic E-state index is 0.306. The molecule has 0 aliphatic heterocycles. The van der Waals surface area contributed by atoms with Gasteiger partial charge in [0, 0.05) is 22.6 Å². The highest BCUT2D eigenvalue weighted by molar-refractivity contribution is 9.10. The van der Waals surface area contributed by atoms with Gasteiger partial charge in [-0.1, -0.05) is 48.0 Å². The molecule has 1 rings (SSSR count). The van der Waals surface area contributed by atoms with Crippen molar-refractivity contribution >= 4 is 15.9 Å². The van der Waals surface area contributed by atoms with E-state index < -0.39 is 0 Å². The summed E-state index contributed by atoms with van der Waals surface area (Å²) in [7, 11) is 0. The van der Waals surface area contributed by atoms with Gasteiger partial charge in [-0.05, 0) is 31.5 Å². The Bertz CT molecular complexity index is 439. The van der Waals surface area contributed by atoms with Crippen LogP contribution in [-0.2, 0) is 6.54 Å². The van der Waals surface area contributed by atoms with E-state index in [0.29, 0.717) is 12.6 Å². The van der Waals surface area contributed by atoms with E-state index in [4.69, 9.17) is 11.2 Å². The molecule has 0 spiro atoms. The molecule has 0 heterocycles. The third-order valence-corrected chi connectivity index (χ3v) is 3.71. The lowest BCUT2D eigenvalue weighted by molar-refractivity contribution is 0.363. The van der Waals surface area contributed by atoms with Crippen LogP contribution in [0.4, 0.5) is 0 Å². The van der Waals surface area contributed by atoms with Crippen molar-refractivity contribution in [3.8, 4) is 18.1 Å². The van der Waals surface area contributed by atoms with E-state index >= 15 is 0 Å². The number of unbranched alkanes of at least 4 members (excludes halogenated alkanes) is 2. The molecule has 110 valence electrons. The quantitative estimate of drug-likeness (QED) is 0.528. The second-order valence-electron chi connectivity index (χ2n) is 5.02. The number of nitrogens with one attached hydrogen (secondary N) is 1. The summed E-state index contributed by atoms with van der Waals surface area (Å²) in [5.74, 6) is 3.36. The predicted octanol–water partition coefficient (Wildman–Crippen LogP) is 4.52. The molecule has 0 amide bonds. The van der Waals surface area contributed by atoms with Crippen molar-refractivity contribution in [1.29, 1.82) is 0 Å². The molecule has 2 nitrogen and oxygen atoms in total. The molecule has 0 aliphatic carbocycles. The van der Waals surface area contributed by atoms with Crippen molar-refractivity contribution < 1.29 is 4.74 Å². The lowest BCUT2D eigenvalue weighted by Crippen LogP contribution is -2.25. The summed E-state index contributed by atoms with van der Waals surface area (Å²) in [5.41, 5.74) is 1.14. The fourth-order valence-electron chi connectivity index (χ4n) is 2.03. The first-order valence-corrected chi connectivity index (χ1v) is 8.04. The third-order valence-electron chi connectivity index (χ3n) is 3.22. The van der Waals surface area contributed by atoms with Crippen LogP contribution < -0.4 is 10.1 Å². The van der Waals surface area contributed by atoms with E-state index in [-0.39, 0.29) is 0 Å². The first-order valence-electron chi connectivity index (χ1n) is 7.25. The highest BCUT2D eigenvalue weighted by Crippen LogP contribution is 2.23. The predicted molar refractivity (Wildman–Crippen MR) is 88.9 cm³/mol. The van der Waals surface area contributed by atoms with Gasteiger partial charge >= 0.3 is 0 Å². The third kappa shape index (κ3) is 6.45. The molecule has 1 aromatic rings. The van der Waals surface area contributed by atoms with Crippen LogP contribution in [0.15, 0.2) is 22.7 Å².